The van der Waals surface area contributed by atoms with Crippen LogP contribution >= 0.6 is 0 Å². The molecule has 0 aromatic carbocycles. The molecular formula is C15H31NO. The molecule has 0 amide bonds. The molecule has 2 heteroatoms. The van der Waals surface area contributed by atoms with Crippen molar-refractivity contribution in [3.8, 4) is 0 Å². The van der Waals surface area contributed by atoms with Crippen molar-refractivity contribution in [3.05, 3.63) is 0 Å². The first-order chi connectivity index (χ1) is 7.92. The fraction of sp³-hybridized carbons (Fsp3) is 1.00. The lowest BCUT2D eigenvalue weighted by atomic mass is 9.74. The summed E-state index contributed by atoms with van der Waals surface area (Å²) in [4.78, 5) is 0. The quantitative estimate of drug-likeness (QED) is 0.808. The molecule has 2 fully saturated rings. The third kappa shape index (κ3) is 4.26. The molecule has 0 unspecified atom stereocenters. The molecule has 2 rings (SSSR count). The van der Waals surface area contributed by atoms with Gasteiger partial charge in [-0.25, -0.2) is 0 Å². The van der Waals surface area contributed by atoms with Gasteiger partial charge in [0.2, 0.25) is 0 Å². The standard InChI is InChI=1S/C15H29N.H2O/c1-2-16-15(13-9-5-3-6-10-13)14-11-7-4-8-12-14;/h13-16H,2-12H2,1H3;1H2. The first-order valence-electron chi connectivity index (χ1n) is 7.75. The van der Waals surface area contributed by atoms with E-state index in [-0.39, 0.29) is 5.48 Å². The Morgan fingerprint density at radius 3 is 1.59 bits per heavy atom. The van der Waals surface area contributed by atoms with E-state index in [4.69, 9.17) is 0 Å². The number of hydrogen-bond acceptors (Lipinski definition) is 1. The molecule has 0 aliphatic heterocycles. The van der Waals surface area contributed by atoms with E-state index in [0.717, 1.165) is 17.9 Å². The highest BCUT2D eigenvalue weighted by Gasteiger charge is 2.33. The van der Waals surface area contributed by atoms with Crippen LogP contribution in [0.5, 0.6) is 0 Å². The lowest BCUT2D eigenvalue weighted by Gasteiger charge is -2.35. The molecule has 2 aliphatic carbocycles. The molecule has 0 aromatic heterocycles. The van der Waals surface area contributed by atoms with E-state index in [1.807, 2.05) is 0 Å². The number of nitrogens with two attached hydrogens (primary N) is 1. The first-order valence-corrected chi connectivity index (χ1v) is 7.75. The number of quaternary nitrogens is 1. The van der Waals surface area contributed by atoms with Gasteiger partial charge in [-0.05, 0) is 32.6 Å². The highest BCUT2D eigenvalue weighted by molar-refractivity contribution is 4.80. The smallest absolute Gasteiger partial charge is 0.0915 e. The first kappa shape index (κ1) is 15.0. The minimum atomic E-state index is 0. The molecule has 2 saturated carbocycles. The van der Waals surface area contributed by atoms with Gasteiger partial charge in [0.05, 0.1) is 12.6 Å². The van der Waals surface area contributed by atoms with E-state index in [1.54, 1.807) is 0 Å². The Morgan fingerprint density at radius 2 is 1.24 bits per heavy atom. The second-order valence-electron chi connectivity index (χ2n) is 6.02. The van der Waals surface area contributed by atoms with Crippen molar-refractivity contribution >= 4 is 0 Å². The Morgan fingerprint density at radius 1 is 0.824 bits per heavy atom. The second kappa shape index (κ2) is 8.10. The average Bonchev–Trinajstić information content (AvgIpc) is 2.38. The minimum Gasteiger partial charge on any atom is -0.870 e. The summed E-state index contributed by atoms with van der Waals surface area (Å²) < 4.78 is 0. The molecule has 102 valence electrons. The van der Waals surface area contributed by atoms with Gasteiger partial charge in [0, 0.05) is 11.8 Å². The molecule has 0 spiro atoms. The maximum atomic E-state index is 2.67. The van der Waals surface area contributed by atoms with Gasteiger partial charge in [-0.2, -0.15) is 0 Å². The Labute approximate surface area is 107 Å². The Hall–Kier alpha value is -0.0800. The zero-order valence-corrected chi connectivity index (χ0v) is 11.5. The van der Waals surface area contributed by atoms with E-state index < -0.39 is 0 Å². The molecule has 0 aromatic rings. The van der Waals surface area contributed by atoms with Crippen LogP contribution in [0.1, 0.15) is 71.1 Å². The molecule has 2 aliphatic rings. The van der Waals surface area contributed by atoms with Crippen LogP contribution in [-0.2, 0) is 0 Å². The predicted molar refractivity (Wildman–Crippen MR) is 71.3 cm³/mol. The molecule has 2 nitrogen and oxygen atoms in total. The van der Waals surface area contributed by atoms with Crippen molar-refractivity contribution < 1.29 is 10.8 Å². The summed E-state index contributed by atoms with van der Waals surface area (Å²) >= 11 is 0. The summed E-state index contributed by atoms with van der Waals surface area (Å²) in [6.45, 7) is 3.62. The molecule has 0 saturated heterocycles. The maximum absolute atomic E-state index is 2.67. The van der Waals surface area contributed by atoms with Crippen LogP contribution < -0.4 is 5.32 Å². The normalized spacial score (nSPS) is 23.6. The van der Waals surface area contributed by atoms with Crippen molar-refractivity contribution in [1.82, 2.24) is 0 Å². The van der Waals surface area contributed by atoms with Gasteiger partial charge in [0.15, 0.2) is 0 Å². The van der Waals surface area contributed by atoms with E-state index >= 15 is 0 Å². The zero-order valence-electron chi connectivity index (χ0n) is 11.5. The summed E-state index contributed by atoms with van der Waals surface area (Å²) in [5, 5.41) is 2.67. The van der Waals surface area contributed by atoms with E-state index in [9.17, 15) is 0 Å². The van der Waals surface area contributed by atoms with Crippen molar-refractivity contribution in [1.29, 1.82) is 0 Å². The molecule has 17 heavy (non-hydrogen) atoms. The molecular weight excluding hydrogens is 210 g/mol. The van der Waals surface area contributed by atoms with Crippen LogP contribution in [0.4, 0.5) is 0 Å². The van der Waals surface area contributed by atoms with Crippen molar-refractivity contribution in [2.45, 2.75) is 77.2 Å². The van der Waals surface area contributed by atoms with E-state index in [0.29, 0.717) is 0 Å². The molecule has 0 heterocycles. The van der Waals surface area contributed by atoms with Crippen LogP contribution in [0.15, 0.2) is 0 Å². The van der Waals surface area contributed by atoms with Crippen LogP contribution in [0.2, 0.25) is 0 Å². The summed E-state index contributed by atoms with van der Waals surface area (Å²) in [6.07, 6.45) is 15.1. The maximum Gasteiger partial charge on any atom is 0.0915 e. The van der Waals surface area contributed by atoms with Gasteiger partial charge >= 0.3 is 0 Å². The summed E-state index contributed by atoms with van der Waals surface area (Å²) in [5.41, 5.74) is 0. The highest BCUT2D eigenvalue weighted by atomic mass is 16.0. The van der Waals surface area contributed by atoms with Crippen molar-refractivity contribution in [2.75, 3.05) is 6.54 Å². The summed E-state index contributed by atoms with van der Waals surface area (Å²) in [5.74, 6) is 2.11. The Bertz CT molecular complexity index is 165. The number of hydrogen-bond donors (Lipinski definition) is 1. The van der Waals surface area contributed by atoms with Crippen LogP contribution in [0.3, 0.4) is 0 Å². The van der Waals surface area contributed by atoms with Crippen LogP contribution in [-0.4, -0.2) is 18.1 Å². The Kier molecular flexibility index (Phi) is 7.14. The third-order valence-electron chi connectivity index (χ3n) is 4.90. The van der Waals surface area contributed by atoms with Crippen LogP contribution in [0.25, 0.3) is 0 Å². The van der Waals surface area contributed by atoms with Gasteiger partial charge in [-0.3, -0.25) is 0 Å². The Balaban J connectivity index is 0.00000144. The molecule has 0 bridgehead atoms. The van der Waals surface area contributed by atoms with E-state index in [1.165, 1.54) is 70.8 Å². The van der Waals surface area contributed by atoms with E-state index in [2.05, 4.69) is 12.2 Å². The summed E-state index contributed by atoms with van der Waals surface area (Å²) in [7, 11) is 0. The fourth-order valence-electron chi connectivity index (χ4n) is 4.08. The minimum absolute atomic E-state index is 0. The van der Waals surface area contributed by atoms with Crippen LogP contribution in [0, 0.1) is 11.8 Å². The topological polar surface area (TPSA) is 46.6 Å². The van der Waals surface area contributed by atoms with Crippen molar-refractivity contribution in [3.63, 3.8) is 0 Å². The molecule has 3 N–H and O–H groups in total. The van der Waals surface area contributed by atoms with Crippen molar-refractivity contribution in [2.24, 2.45) is 11.8 Å². The lowest BCUT2D eigenvalue weighted by molar-refractivity contribution is -0.701. The van der Waals surface area contributed by atoms with Gasteiger partial charge in [0.25, 0.3) is 0 Å². The fourth-order valence-corrected chi connectivity index (χ4v) is 4.08. The number of rotatable bonds is 4. The second-order valence-corrected chi connectivity index (χ2v) is 6.02. The van der Waals surface area contributed by atoms with Gasteiger partial charge in [-0.1, -0.05) is 38.5 Å². The summed E-state index contributed by atoms with van der Waals surface area (Å²) in [6, 6.07) is 0.977. The van der Waals surface area contributed by atoms with Gasteiger partial charge < -0.3 is 10.8 Å². The predicted octanol–water partition coefficient (Wildman–Crippen LogP) is 2.92. The molecule has 0 radical (unpaired) electrons. The third-order valence-corrected chi connectivity index (χ3v) is 4.90. The zero-order chi connectivity index (χ0) is 11.2. The highest BCUT2D eigenvalue weighted by Crippen LogP contribution is 2.33. The average molecular weight is 241 g/mol. The molecule has 0 atom stereocenters. The lowest BCUT2D eigenvalue weighted by Crippen LogP contribution is -2.92. The SMILES string of the molecule is CC[NH2+]C(C1CCCCC1)C1CCCCC1.[OH-]. The largest absolute Gasteiger partial charge is 0.870 e. The van der Waals surface area contributed by atoms with Gasteiger partial charge in [0.1, 0.15) is 0 Å². The monoisotopic (exact) mass is 241 g/mol. The van der Waals surface area contributed by atoms with Gasteiger partial charge in [-0.15, -0.1) is 0 Å².